The number of rotatable bonds is 5. The van der Waals surface area contributed by atoms with Crippen molar-refractivity contribution in [2.75, 3.05) is 39.5 Å². The molecular weight excluding hydrogens is 332 g/mol. The number of hydrogen-bond donors (Lipinski definition) is 1. The highest BCUT2D eigenvalue weighted by atomic mass is 32.2. The average Bonchev–Trinajstić information content (AvgIpc) is 3.14. The molecule has 7 nitrogen and oxygen atoms in total. The molecule has 0 spiro atoms. The summed E-state index contributed by atoms with van der Waals surface area (Å²) in [5, 5.41) is 2.82. The van der Waals surface area contributed by atoms with Crippen molar-refractivity contribution in [3.8, 4) is 0 Å². The van der Waals surface area contributed by atoms with Crippen molar-refractivity contribution in [3.63, 3.8) is 0 Å². The Morgan fingerprint density at radius 3 is 2.50 bits per heavy atom. The summed E-state index contributed by atoms with van der Waals surface area (Å²) in [4.78, 5) is 12.3. The lowest BCUT2D eigenvalue weighted by Gasteiger charge is -2.26. The molecule has 3 rings (SSSR count). The summed E-state index contributed by atoms with van der Waals surface area (Å²) in [6.45, 7) is 2.74. The first-order valence-electron chi connectivity index (χ1n) is 8.15. The summed E-state index contributed by atoms with van der Waals surface area (Å²) in [7, 11) is -3.53. The SMILES string of the molecule is O=C(NC[C@@H]1CCCO1)c1ccc(S(=O)(=O)N2CCOCC2)cc1. The van der Waals surface area contributed by atoms with E-state index in [1.807, 2.05) is 0 Å². The van der Waals surface area contributed by atoms with Crippen LogP contribution in [-0.2, 0) is 19.5 Å². The lowest BCUT2D eigenvalue weighted by atomic mass is 10.2. The van der Waals surface area contributed by atoms with Crippen molar-refractivity contribution < 1.29 is 22.7 Å². The van der Waals surface area contributed by atoms with E-state index in [1.165, 1.54) is 28.6 Å². The Morgan fingerprint density at radius 2 is 1.88 bits per heavy atom. The van der Waals surface area contributed by atoms with Crippen molar-refractivity contribution in [1.29, 1.82) is 0 Å². The van der Waals surface area contributed by atoms with E-state index >= 15 is 0 Å². The fourth-order valence-corrected chi connectivity index (χ4v) is 4.24. The molecule has 1 N–H and O–H groups in total. The highest BCUT2D eigenvalue weighted by Gasteiger charge is 2.26. The summed E-state index contributed by atoms with van der Waals surface area (Å²) >= 11 is 0. The quantitative estimate of drug-likeness (QED) is 0.838. The van der Waals surface area contributed by atoms with E-state index in [0.29, 0.717) is 38.4 Å². The van der Waals surface area contributed by atoms with Gasteiger partial charge in [0.2, 0.25) is 10.0 Å². The van der Waals surface area contributed by atoms with Crippen LogP contribution in [0.3, 0.4) is 0 Å². The second-order valence-electron chi connectivity index (χ2n) is 5.89. The largest absolute Gasteiger partial charge is 0.379 e. The molecule has 8 heteroatoms. The summed E-state index contributed by atoms with van der Waals surface area (Å²) in [6, 6.07) is 6.04. The smallest absolute Gasteiger partial charge is 0.251 e. The van der Waals surface area contributed by atoms with Gasteiger partial charge in [-0.2, -0.15) is 4.31 Å². The molecule has 2 aliphatic rings. The normalized spacial score (nSPS) is 22.4. The first-order valence-corrected chi connectivity index (χ1v) is 9.59. The highest BCUT2D eigenvalue weighted by Crippen LogP contribution is 2.18. The van der Waals surface area contributed by atoms with Crippen LogP contribution >= 0.6 is 0 Å². The van der Waals surface area contributed by atoms with Crippen LogP contribution < -0.4 is 5.32 Å². The average molecular weight is 354 g/mol. The lowest BCUT2D eigenvalue weighted by molar-refractivity contribution is 0.0730. The fraction of sp³-hybridized carbons (Fsp3) is 0.562. The first-order chi connectivity index (χ1) is 11.6. The molecule has 1 atom stereocenters. The zero-order valence-electron chi connectivity index (χ0n) is 13.4. The van der Waals surface area contributed by atoms with Crippen molar-refractivity contribution in [2.24, 2.45) is 0 Å². The number of carbonyl (C=O) groups excluding carboxylic acids is 1. The Labute approximate surface area is 142 Å². The molecule has 0 radical (unpaired) electrons. The van der Waals surface area contributed by atoms with Gasteiger partial charge < -0.3 is 14.8 Å². The van der Waals surface area contributed by atoms with Gasteiger partial charge in [-0.15, -0.1) is 0 Å². The Hall–Kier alpha value is -1.48. The van der Waals surface area contributed by atoms with Crippen LogP contribution in [0.5, 0.6) is 0 Å². The van der Waals surface area contributed by atoms with E-state index in [0.717, 1.165) is 19.4 Å². The molecule has 2 fully saturated rings. The third kappa shape index (κ3) is 3.94. The van der Waals surface area contributed by atoms with Gasteiger partial charge >= 0.3 is 0 Å². The number of sulfonamides is 1. The third-order valence-corrected chi connectivity index (χ3v) is 6.15. The molecule has 24 heavy (non-hydrogen) atoms. The van der Waals surface area contributed by atoms with Gasteiger partial charge in [0.25, 0.3) is 5.91 Å². The minimum absolute atomic E-state index is 0.0786. The number of nitrogens with zero attached hydrogens (tertiary/aromatic N) is 1. The zero-order chi connectivity index (χ0) is 17.0. The summed E-state index contributed by atoms with van der Waals surface area (Å²) in [5.41, 5.74) is 0.439. The number of hydrogen-bond acceptors (Lipinski definition) is 5. The topological polar surface area (TPSA) is 84.9 Å². The first kappa shape index (κ1) is 17.3. The van der Waals surface area contributed by atoms with E-state index in [9.17, 15) is 13.2 Å². The number of carbonyl (C=O) groups is 1. The van der Waals surface area contributed by atoms with E-state index < -0.39 is 10.0 Å². The van der Waals surface area contributed by atoms with Gasteiger partial charge in [0.1, 0.15) is 0 Å². The van der Waals surface area contributed by atoms with Gasteiger partial charge in [-0.05, 0) is 37.1 Å². The van der Waals surface area contributed by atoms with Crippen LogP contribution in [0, 0.1) is 0 Å². The van der Waals surface area contributed by atoms with Gasteiger partial charge in [-0.3, -0.25) is 4.79 Å². The van der Waals surface area contributed by atoms with Crippen LogP contribution in [0.4, 0.5) is 0 Å². The zero-order valence-corrected chi connectivity index (χ0v) is 14.3. The molecule has 0 bridgehead atoms. The maximum atomic E-state index is 12.5. The van der Waals surface area contributed by atoms with Crippen LogP contribution in [0.25, 0.3) is 0 Å². The molecule has 0 saturated carbocycles. The molecular formula is C16H22N2O5S. The standard InChI is InChI=1S/C16H22N2O5S/c19-16(17-12-14-2-1-9-23-14)13-3-5-15(6-4-13)24(20,21)18-7-10-22-11-8-18/h3-6,14H,1-2,7-12H2,(H,17,19)/t14-/m0/s1. The van der Waals surface area contributed by atoms with Crippen LogP contribution in [0.2, 0.25) is 0 Å². The van der Waals surface area contributed by atoms with Gasteiger partial charge in [0.05, 0.1) is 24.2 Å². The van der Waals surface area contributed by atoms with Crippen molar-refractivity contribution in [1.82, 2.24) is 9.62 Å². The monoisotopic (exact) mass is 354 g/mol. The number of nitrogens with one attached hydrogen (secondary N) is 1. The van der Waals surface area contributed by atoms with Crippen molar-refractivity contribution >= 4 is 15.9 Å². The predicted octanol–water partition coefficient (Wildman–Crippen LogP) is 0.616. The molecule has 0 aromatic heterocycles. The van der Waals surface area contributed by atoms with Crippen molar-refractivity contribution in [3.05, 3.63) is 29.8 Å². The van der Waals surface area contributed by atoms with Gasteiger partial charge in [0.15, 0.2) is 0 Å². The maximum absolute atomic E-state index is 12.5. The van der Waals surface area contributed by atoms with E-state index in [-0.39, 0.29) is 16.9 Å². The Balaban J connectivity index is 1.62. The Kier molecular flexibility index (Phi) is 5.50. The maximum Gasteiger partial charge on any atom is 0.251 e. The van der Waals surface area contributed by atoms with Gasteiger partial charge in [0, 0.05) is 31.8 Å². The van der Waals surface area contributed by atoms with Crippen LogP contribution in [-0.4, -0.2) is 64.2 Å². The number of ether oxygens (including phenoxy) is 2. The molecule has 0 aliphatic carbocycles. The van der Waals surface area contributed by atoms with Crippen LogP contribution in [0.1, 0.15) is 23.2 Å². The number of benzene rings is 1. The van der Waals surface area contributed by atoms with E-state index in [2.05, 4.69) is 5.32 Å². The highest BCUT2D eigenvalue weighted by molar-refractivity contribution is 7.89. The van der Waals surface area contributed by atoms with E-state index in [4.69, 9.17) is 9.47 Å². The molecule has 1 amide bonds. The third-order valence-electron chi connectivity index (χ3n) is 4.24. The lowest BCUT2D eigenvalue weighted by Crippen LogP contribution is -2.40. The molecule has 1 aromatic rings. The fourth-order valence-electron chi connectivity index (χ4n) is 2.83. The second kappa shape index (κ2) is 7.60. The minimum Gasteiger partial charge on any atom is -0.379 e. The molecule has 2 saturated heterocycles. The van der Waals surface area contributed by atoms with E-state index in [1.54, 1.807) is 0 Å². The second-order valence-corrected chi connectivity index (χ2v) is 7.82. The summed E-state index contributed by atoms with van der Waals surface area (Å²) < 4.78 is 37.1. The summed E-state index contributed by atoms with van der Waals surface area (Å²) in [6.07, 6.45) is 2.06. The molecule has 2 heterocycles. The van der Waals surface area contributed by atoms with Crippen molar-refractivity contribution in [2.45, 2.75) is 23.8 Å². The van der Waals surface area contributed by atoms with Gasteiger partial charge in [-0.25, -0.2) is 8.42 Å². The Morgan fingerprint density at radius 1 is 1.17 bits per heavy atom. The Bertz CT molecular complexity index is 662. The molecule has 0 unspecified atom stereocenters. The van der Waals surface area contributed by atoms with Gasteiger partial charge in [-0.1, -0.05) is 0 Å². The number of morpholine rings is 1. The summed E-state index contributed by atoms with van der Waals surface area (Å²) in [5.74, 6) is -0.221. The predicted molar refractivity (Wildman–Crippen MR) is 87.3 cm³/mol. The molecule has 2 aliphatic heterocycles. The molecule has 132 valence electrons. The minimum atomic E-state index is -3.53. The van der Waals surface area contributed by atoms with Crippen LogP contribution in [0.15, 0.2) is 29.2 Å². The molecule has 1 aromatic carbocycles. The number of amides is 1.